The molecule has 0 saturated heterocycles. The summed E-state index contributed by atoms with van der Waals surface area (Å²) < 4.78 is 129. The Labute approximate surface area is 185 Å². The van der Waals surface area contributed by atoms with Crippen LogP contribution in [0.2, 0.25) is 0 Å². The number of ether oxygens (including phenoxy) is 2. The molecule has 3 aromatic rings. The van der Waals surface area contributed by atoms with E-state index < -0.39 is 63.8 Å². The van der Waals surface area contributed by atoms with Gasteiger partial charge >= 0.3 is 18.5 Å². The molecular formula is C21H13F9N2O2. The molecule has 13 heteroatoms. The van der Waals surface area contributed by atoms with Crippen molar-refractivity contribution in [3.8, 4) is 23.0 Å². The van der Waals surface area contributed by atoms with Crippen molar-refractivity contribution in [3.05, 3.63) is 71.3 Å². The van der Waals surface area contributed by atoms with Gasteiger partial charge in [0.25, 0.3) is 0 Å². The normalized spacial score (nSPS) is 12.5. The van der Waals surface area contributed by atoms with Crippen molar-refractivity contribution in [3.63, 3.8) is 0 Å². The lowest BCUT2D eigenvalue weighted by molar-refractivity contribution is -0.139. The maximum Gasteiger partial charge on any atom is 0.419 e. The fraction of sp³-hybridized carbons (Fsp3) is 0.143. The van der Waals surface area contributed by atoms with Crippen LogP contribution in [0.5, 0.6) is 23.0 Å². The number of hydrogen-bond donors (Lipinski definition) is 2. The molecule has 4 N–H and O–H groups in total. The molecule has 0 bridgehead atoms. The summed E-state index contributed by atoms with van der Waals surface area (Å²) >= 11 is 0. The number of nitrogen functional groups attached to an aromatic ring is 2. The van der Waals surface area contributed by atoms with E-state index in [0.29, 0.717) is 24.3 Å². The first-order chi connectivity index (χ1) is 15.6. The molecule has 0 heterocycles. The summed E-state index contributed by atoms with van der Waals surface area (Å²) in [7, 11) is 0. The number of hydrogen-bond acceptors (Lipinski definition) is 4. The van der Waals surface area contributed by atoms with Gasteiger partial charge in [-0.2, -0.15) is 39.5 Å². The van der Waals surface area contributed by atoms with Crippen LogP contribution >= 0.6 is 0 Å². The quantitative estimate of drug-likeness (QED) is 0.290. The standard InChI is InChI=1S/C21H13F9N2O2/c22-19(23,24)13-4-1-12(33-10-2-5-16(31)14(7-10)20(25,26)27)9-18(13)34-11-3-6-17(32)15(8-11)21(28,29)30/h1-9H,31-32H2. The summed E-state index contributed by atoms with van der Waals surface area (Å²) in [5.41, 5.74) is 5.38. The van der Waals surface area contributed by atoms with Crippen LogP contribution in [0.1, 0.15) is 16.7 Å². The first kappa shape index (κ1) is 24.9. The first-order valence-corrected chi connectivity index (χ1v) is 9.06. The van der Waals surface area contributed by atoms with Gasteiger partial charge in [-0.15, -0.1) is 0 Å². The summed E-state index contributed by atoms with van der Waals surface area (Å²) in [6.07, 6.45) is -14.7. The molecule has 3 rings (SSSR count). The number of rotatable bonds is 4. The van der Waals surface area contributed by atoms with Gasteiger partial charge in [-0.3, -0.25) is 0 Å². The molecule has 34 heavy (non-hydrogen) atoms. The fourth-order valence-electron chi connectivity index (χ4n) is 2.84. The molecule has 0 aliphatic carbocycles. The number of benzene rings is 3. The molecule has 0 atom stereocenters. The van der Waals surface area contributed by atoms with Crippen LogP contribution < -0.4 is 20.9 Å². The molecule has 0 saturated carbocycles. The Kier molecular flexibility index (Phi) is 6.24. The van der Waals surface area contributed by atoms with E-state index >= 15 is 0 Å². The van der Waals surface area contributed by atoms with Gasteiger partial charge in [0.2, 0.25) is 0 Å². The van der Waals surface area contributed by atoms with Gasteiger partial charge in [-0.25, -0.2) is 0 Å². The van der Waals surface area contributed by atoms with Crippen LogP contribution in [0, 0.1) is 0 Å². The lowest BCUT2D eigenvalue weighted by Gasteiger charge is -2.17. The highest BCUT2D eigenvalue weighted by atomic mass is 19.4. The number of halogens is 9. The zero-order valence-corrected chi connectivity index (χ0v) is 16.6. The zero-order chi connectivity index (χ0) is 25.5. The largest absolute Gasteiger partial charge is 0.457 e. The minimum absolute atomic E-state index is 0.382. The molecule has 0 spiro atoms. The van der Waals surface area contributed by atoms with Crippen molar-refractivity contribution in [1.82, 2.24) is 0 Å². The van der Waals surface area contributed by atoms with E-state index in [1.807, 2.05) is 0 Å². The van der Waals surface area contributed by atoms with E-state index in [4.69, 9.17) is 20.9 Å². The van der Waals surface area contributed by atoms with Crippen molar-refractivity contribution >= 4 is 11.4 Å². The number of anilines is 2. The average Bonchev–Trinajstić information content (AvgIpc) is 2.68. The second kappa shape index (κ2) is 8.54. The lowest BCUT2D eigenvalue weighted by atomic mass is 10.1. The predicted octanol–water partition coefficient (Wildman–Crippen LogP) is 7.49. The topological polar surface area (TPSA) is 70.5 Å². The average molecular weight is 496 g/mol. The Morgan fingerprint density at radius 2 is 0.853 bits per heavy atom. The SMILES string of the molecule is Nc1ccc(Oc2ccc(C(F)(F)F)c(Oc3ccc(N)c(C(F)(F)F)c3)c2)cc1C(F)(F)F. The van der Waals surface area contributed by atoms with Gasteiger partial charge in [0.05, 0.1) is 16.7 Å². The van der Waals surface area contributed by atoms with Crippen LogP contribution in [0.25, 0.3) is 0 Å². The summed E-state index contributed by atoms with van der Waals surface area (Å²) in [5.74, 6) is -2.35. The molecule has 0 aromatic heterocycles. The number of alkyl halides is 9. The van der Waals surface area contributed by atoms with Gasteiger partial charge in [0.15, 0.2) is 0 Å². The Morgan fingerprint density at radius 3 is 1.29 bits per heavy atom. The highest BCUT2D eigenvalue weighted by Gasteiger charge is 2.37. The predicted molar refractivity (Wildman–Crippen MR) is 103 cm³/mol. The lowest BCUT2D eigenvalue weighted by Crippen LogP contribution is -2.10. The molecule has 0 aliphatic heterocycles. The van der Waals surface area contributed by atoms with Gasteiger partial charge in [0.1, 0.15) is 23.0 Å². The minimum atomic E-state index is -4.97. The van der Waals surface area contributed by atoms with Gasteiger partial charge in [-0.05, 0) is 48.5 Å². The molecular weight excluding hydrogens is 483 g/mol. The van der Waals surface area contributed by atoms with Crippen molar-refractivity contribution in [2.45, 2.75) is 18.5 Å². The minimum Gasteiger partial charge on any atom is -0.457 e. The molecule has 4 nitrogen and oxygen atoms in total. The fourth-order valence-corrected chi connectivity index (χ4v) is 2.84. The molecule has 0 unspecified atom stereocenters. The van der Waals surface area contributed by atoms with E-state index in [-0.39, 0.29) is 5.75 Å². The van der Waals surface area contributed by atoms with Crippen LogP contribution in [0.4, 0.5) is 50.9 Å². The van der Waals surface area contributed by atoms with Crippen molar-refractivity contribution in [2.75, 3.05) is 11.5 Å². The van der Waals surface area contributed by atoms with Gasteiger partial charge in [-0.1, -0.05) is 0 Å². The van der Waals surface area contributed by atoms with E-state index in [1.165, 1.54) is 0 Å². The third-order valence-corrected chi connectivity index (χ3v) is 4.38. The Bertz CT molecular complexity index is 1200. The summed E-state index contributed by atoms with van der Waals surface area (Å²) in [4.78, 5) is 0. The second-order valence-electron chi connectivity index (χ2n) is 6.85. The highest BCUT2D eigenvalue weighted by molar-refractivity contribution is 5.55. The molecule has 0 fully saturated rings. The van der Waals surface area contributed by atoms with Gasteiger partial charge in [0, 0.05) is 17.4 Å². The third kappa shape index (κ3) is 5.58. The van der Waals surface area contributed by atoms with E-state index in [0.717, 1.165) is 30.3 Å². The first-order valence-electron chi connectivity index (χ1n) is 9.06. The molecule has 0 aliphatic rings. The molecule has 0 amide bonds. The Morgan fingerprint density at radius 1 is 0.471 bits per heavy atom. The van der Waals surface area contributed by atoms with E-state index in [1.54, 1.807) is 0 Å². The van der Waals surface area contributed by atoms with Crippen molar-refractivity contribution in [2.24, 2.45) is 0 Å². The maximum absolute atomic E-state index is 13.4. The van der Waals surface area contributed by atoms with Crippen LogP contribution in [-0.4, -0.2) is 0 Å². The summed E-state index contributed by atoms with van der Waals surface area (Å²) in [6.45, 7) is 0. The Hall–Kier alpha value is -3.77. The van der Waals surface area contributed by atoms with Crippen LogP contribution in [-0.2, 0) is 18.5 Å². The molecule has 182 valence electrons. The number of nitrogens with two attached hydrogens (primary N) is 2. The Balaban J connectivity index is 2.00. The zero-order valence-electron chi connectivity index (χ0n) is 16.6. The van der Waals surface area contributed by atoms with E-state index in [2.05, 4.69) is 0 Å². The molecule has 0 radical (unpaired) electrons. The van der Waals surface area contributed by atoms with Gasteiger partial charge < -0.3 is 20.9 Å². The monoisotopic (exact) mass is 496 g/mol. The van der Waals surface area contributed by atoms with Crippen molar-refractivity contribution in [1.29, 1.82) is 0 Å². The molecule has 3 aromatic carbocycles. The summed E-state index contributed by atoms with van der Waals surface area (Å²) in [6, 6.07) is 6.63. The van der Waals surface area contributed by atoms with E-state index in [9.17, 15) is 39.5 Å². The summed E-state index contributed by atoms with van der Waals surface area (Å²) in [5, 5.41) is 0. The highest BCUT2D eigenvalue weighted by Crippen LogP contribution is 2.43. The van der Waals surface area contributed by atoms with Crippen LogP contribution in [0.3, 0.4) is 0 Å². The second-order valence-corrected chi connectivity index (χ2v) is 6.85. The van der Waals surface area contributed by atoms with Crippen LogP contribution in [0.15, 0.2) is 54.6 Å². The maximum atomic E-state index is 13.4. The third-order valence-electron chi connectivity index (χ3n) is 4.38. The van der Waals surface area contributed by atoms with Crippen molar-refractivity contribution < 1.29 is 49.0 Å². The smallest absolute Gasteiger partial charge is 0.419 e.